The molecule has 0 aliphatic carbocycles. The lowest BCUT2D eigenvalue weighted by molar-refractivity contribution is -0.110. The van der Waals surface area contributed by atoms with Gasteiger partial charge in [0.2, 0.25) is 5.66 Å². The molecule has 0 aromatic carbocycles. The number of ether oxygens (including phenoxy) is 1. The molecule has 0 spiro atoms. The van der Waals surface area contributed by atoms with Crippen LogP contribution in [0.15, 0.2) is 15.0 Å². The number of hydrogen-bond donors (Lipinski definition) is 4. The number of amidine groups is 1. The topological polar surface area (TPSA) is 153 Å². The van der Waals surface area contributed by atoms with Gasteiger partial charge < -0.3 is 25.0 Å². The lowest BCUT2D eigenvalue weighted by Gasteiger charge is -2.30. The van der Waals surface area contributed by atoms with Gasteiger partial charge in [0.1, 0.15) is 37.0 Å². The Morgan fingerprint density at radius 2 is 2.29 bits per heavy atom. The maximum absolute atomic E-state index is 11.1. The summed E-state index contributed by atoms with van der Waals surface area (Å²) in [4.78, 5) is 24.5. The van der Waals surface area contributed by atoms with Gasteiger partial charge in [-0.1, -0.05) is 0 Å². The molecule has 1 fully saturated rings. The van der Waals surface area contributed by atoms with Crippen molar-refractivity contribution in [3.05, 3.63) is 0 Å². The van der Waals surface area contributed by atoms with E-state index in [1.54, 1.807) is 0 Å². The van der Waals surface area contributed by atoms with Crippen LogP contribution in [0.3, 0.4) is 0 Å². The summed E-state index contributed by atoms with van der Waals surface area (Å²) >= 11 is 0. The van der Waals surface area contributed by atoms with Crippen LogP contribution in [0.2, 0.25) is 0 Å². The molecular formula is C11H15N5O5. The molecule has 0 radical (unpaired) electrons. The van der Waals surface area contributed by atoms with E-state index in [-0.39, 0.29) is 18.2 Å². The first-order valence-corrected chi connectivity index (χ1v) is 6.33. The van der Waals surface area contributed by atoms with Crippen molar-refractivity contribution in [2.75, 3.05) is 13.3 Å². The number of aldehydes is 1. The molecule has 3 heterocycles. The minimum absolute atomic E-state index is 0.0525. The fourth-order valence-corrected chi connectivity index (χ4v) is 2.53. The van der Waals surface area contributed by atoms with Gasteiger partial charge in [-0.25, -0.2) is 9.98 Å². The zero-order valence-electron chi connectivity index (χ0n) is 10.9. The summed E-state index contributed by atoms with van der Waals surface area (Å²) in [6.45, 7) is -0.379. The Balaban J connectivity index is 1.86. The maximum Gasteiger partial charge on any atom is 0.211 e. The Hall–Kier alpha value is -1.72. The van der Waals surface area contributed by atoms with E-state index in [1.165, 1.54) is 4.90 Å². The number of carbonyl (C=O) groups is 1. The highest BCUT2D eigenvalue weighted by Gasteiger charge is 2.50. The number of aliphatic imine (C=N–C) groups is 3. The highest BCUT2D eigenvalue weighted by molar-refractivity contribution is 6.50. The van der Waals surface area contributed by atoms with Crippen LogP contribution in [0.5, 0.6) is 0 Å². The van der Waals surface area contributed by atoms with E-state index in [1.807, 2.05) is 0 Å². The number of aliphatic hydroxyl groups excluding tert-OH is 3. The van der Waals surface area contributed by atoms with Gasteiger partial charge in [-0.15, -0.1) is 0 Å². The molecular weight excluding hydrogens is 282 g/mol. The van der Waals surface area contributed by atoms with Gasteiger partial charge in [-0.05, 0) is 0 Å². The van der Waals surface area contributed by atoms with E-state index < -0.39 is 36.8 Å². The average molecular weight is 297 g/mol. The second-order valence-electron chi connectivity index (χ2n) is 4.99. The molecule has 0 aromatic rings. The minimum Gasteiger partial charge on any atom is -0.394 e. The molecule has 21 heavy (non-hydrogen) atoms. The highest BCUT2D eigenvalue weighted by atomic mass is 16.6. The van der Waals surface area contributed by atoms with Gasteiger partial charge in [0.05, 0.1) is 6.61 Å². The number of carbonyl (C=O) groups excluding carboxylic acids is 1. The smallest absolute Gasteiger partial charge is 0.211 e. The van der Waals surface area contributed by atoms with Crippen LogP contribution in [-0.4, -0.2) is 87.9 Å². The minimum atomic E-state index is -1.61. The summed E-state index contributed by atoms with van der Waals surface area (Å²) in [5.74, 6) is 0.259. The fourth-order valence-electron chi connectivity index (χ4n) is 2.53. The average Bonchev–Trinajstić information content (AvgIpc) is 3.03. The van der Waals surface area contributed by atoms with Crippen molar-refractivity contribution < 1.29 is 24.9 Å². The van der Waals surface area contributed by atoms with Crippen LogP contribution < -0.4 is 5.73 Å². The Kier molecular flexibility index (Phi) is 3.34. The van der Waals surface area contributed by atoms with Crippen LogP contribution in [0.25, 0.3) is 0 Å². The number of aliphatic hydroxyl groups is 3. The number of nitrogens with zero attached hydrogens (tertiary/aromatic N) is 4. The molecule has 5 N–H and O–H groups in total. The normalized spacial score (nSPS) is 41.8. The van der Waals surface area contributed by atoms with E-state index in [0.29, 0.717) is 6.29 Å². The molecule has 3 rings (SSSR count). The van der Waals surface area contributed by atoms with E-state index in [2.05, 4.69) is 15.0 Å². The highest BCUT2D eigenvalue weighted by Crippen LogP contribution is 2.28. The summed E-state index contributed by atoms with van der Waals surface area (Å²) in [5, 5.41) is 28.9. The Morgan fingerprint density at radius 1 is 1.52 bits per heavy atom. The van der Waals surface area contributed by atoms with Crippen LogP contribution >= 0.6 is 0 Å². The summed E-state index contributed by atoms with van der Waals surface area (Å²) in [6.07, 6.45) is -2.72. The molecule has 0 aromatic heterocycles. The molecule has 5 atom stereocenters. The number of hydrogen-bond acceptors (Lipinski definition) is 10. The van der Waals surface area contributed by atoms with Gasteiger partial charge in [-0.3, -0.25) is 15.5 Å². The predicted octanol–water partition coefficient (Wildman–Crippen LogP) is -3.57. The monoisotopic (exact) mass is 297 g/mol. The van der Waals surface area contributed by atoms with Gasteiger partial charge in [0, 0.05) is 0 Å². The molecule has 10 heteroatoms. The molecule has 0 saturated carbocycles. The third-order valence-electron chi connectivity index (χ3n) is 3.70. The Morgan fingerprint density at radius 3 is 2.90 bits per heavy atom. The second kappa shape index (κ2) is 4.93. The second-order valence-corrected chi connectivity index (χ2v) is 4.99. The lowest BCUT2D eigenvalue weighted by Crippen LogP contribution is -2.56. The van der Waals surface area contributed by atoms with E-state index >= 15 is 0 Å². The van der Waals surface area contributed by atoms with Gasteiger partial charge in [0.15, 0.2) is 18.3 Å². The van der Waals surface area contributed by atoms with Crippen molar-refractivity contribution in [2.45, 2.75) is 30.2 Å². The third kappa shape index (κ3) is 2.00. The Bertz CT molecular complexity index is 549. The molecule has 0 amide bonds. The van der Waals surface area contributed by atoms with E-state index in [0.717, 1.165) is 6.34 Å². The Labute approximate surface area is 119 Å². The van der Waals surface area contributed by atoms with Gasteiger partial charge in [0.25, 0.3) is 0 Å². The summed E-state index contributed by atoms with van der Waals surface area (Å²) < 4.78 is 5.42. The lowest BCUT2D eigenvalue weighted by atomic mass is 10.1. The summed E-state index contributed by atoms with van der Waals surface area (Å²) in [6, 6.07) is 0. The third-order valence-corrected chi connectivity index (χ3v) is 3.70. The van der Waals surface area contributed by atoms with Crippen molar-refractivity contribution in [1.29, 1.82) is 0 Å². The van der Waals surface area contributed by atoms with Crippen LogP contribution in [0, 0.1) is 0 Å². The van der Waals surface area contributed by atoms with E-state index in [4.69, 9.17) is 15.6 Å². The molecule has 1 unspecified atom stereocenters. The van der Waals surface area contributed by atoms with E-state index in [9.17, 15) is 15.0 Å². The molecule has 0 bridgehead atoms. The largest absolute Gasteiger partial charge is 0.394 e. The molecule has 3 aliphatic heterocycles. The predicted molar refractivity (Wildman–Crippen MR) is 70.8 cm³/mol. The number of fused-ring (bicyclic) bond motifs is 1. The zero-order chi connectivity index (χ0) is 15.2. The van der Waals surface area contributed by atoms with Gasteiger partial charge >= 0.3 is 0 Å². The number of nitrogens with two attached hydrogens (primary N) is 1. The molecule has 1 saturated heterocycles. The van der Waals surface area contributed by atoms with Gasteiger partial charge in [-0.2, -0.15) is 0 Å². The quantitative estimate of drug-likeness (QED) is 0.393. The maximum atomic E-state index is 11.1. The zero-order valence-corrected chi connectivity index (χ0v) is 10.9. The van der Waals surface area contributed by atoms with Crippen LogP contribution in [0.4, 0.5) is 0 Å². The molecule has 10 nitrogen and oxygen atoms in total. The SMILES string of the molecule is NC1(C=O)N=CN=C2C1=NCN2[C@@H]1O[C@H](CO)[C@@H](O)[C@H]1O. The summed E-state index contributed by atoms with van der Waals surface area (Å²) in [7, 11) is 0. The summed E-state index contributed by atoms with van der Waals surface area (Å²) in [5.41, 5.74) is 4.39. The fraction of sp³-hybridized carbons (Fsp3) is 0.636. The first-order chi connectivity index (χ1) is 10.0. The molecule has 3 aliphatic rings. The van der Waals surface area contributed by atoms with Crippen molar-refractivity contribution in [2.24, 2.45) is 20.7 Å². The number of rotatable bonds is 3. The van der Waals surface area contributed by atoms with Crippen molar-refractivity contribution >= 4 is 24.2 Å². The first kappa shape index (κ1) is 14.2. The van der Waals surface area contributed by atoms with Crippen molar-refractivity contribution in [3.63, 3.8) is 0 Å². The van der Waals surface area contributed by atoms with Crippen LogP contribution in [0.1, 0.15) is 0 Å². The van der Waals surface area contributed by atoms with Crippen molar-refractivity contribution in [3.8, 4) is 0 Å². The van der Waals surface area contributed by atoms with Crippen LogP contribution in [-0.2, 0) is 9.53 Å². The molecule has 114 valence electrons. The standard InChI is InChI=1S/C11H15N5O5/c12-11(2-18)8-9(13-3-15-11)16(4-14-8)10-7(20)6(19)5(1-17)21-10/h2-3,5-7,10,17,19-20H,1,4,12H2/t5-,6-,7-,10-,11?/m1/s1. The first-order valence-electron chi connectivity index (χ1n) is 6.33. The van der Waals surface area contributed by atoms with Crippen molar-refractivity contribution in [1.82, 2.24) is 4.90 Å².